The van der Waals surface area contributed by atoms with Crippen molar-refractivity contribution >= 4 is 23.9 Å². The van der Waals surface area contributed by atoms with Crippen molar-refractivity contribution in [3.8, 4) is 23.0 Å². The van der Waals surface area contributed by atoms with Crippen LogP contribution in [0.2, 0.25) is 0 Å². The third-order valence-corrected chi connectivity index (χ3v) is 4.74. The van der Waals surface area contributed by atoms with Crippen LogP contribution in [0.3, 0.4) is 0 Å². The molecule has 0 unspecified atom stereocenters. The summed E-state index contributed by atoms with van der Waals surface area (Å²) in [6.07, 6.45) is 2.94. The molecule has 0 N–H and O–H groups in total. The van der Waals surface area contributed by atoms with Gasteiger partial charge in [0.15, 0.2) is 28.7 Å². The van der Waals surface area contributed by atoms with E-state index in [1.807, 2.05) is 0 Å². The van der Waals surface area contributed by atoms with Gasteiger partial charge in [0.05, 0.1) is 12.9 Å². The Morgan fingerprint density at radius 3 is 2.79 bits per heavy atom. The van der Waals surface area contributed by atoms with E-state index < -0.39 is 11.9 Å². The highest BCUT2D eigenvalue weighted by molar-refractivity contribution is 6.13. The number of nitrogens with zero attached hydrogens (tertiary/aromatic N) is 1. The monoisotopic (exact) mass is 447 g/mol. The second-order valence-electron chi connectivity index (χ2n) is 6.91. The molecule has 5 rings (SSSR count). The molecule has 0 aliphatic carbocycles. The molecule has 3 heterocycles. The molecule has 166 valence electrons. The lowest BCUT2D eigenvalue weighted by Crippen LogP contribution is -2.08. The number of carbonyl (C=O) groups is 2. The molecule has 33 heavy (non-hydrogen) atoms. The summed E-state index contributed by atoms with van der Waals surface area (Å²) in [5, 5.41) is 0. The first kappa shape index (κ1) is 20.4. The molecule has 0 spiro atoms. The van der Waals surface area contributed by atoms with Crippen LogP contribution in [-0.4, -0.2) is 31.2 Å². The number of benzene rings is 2. The third kappa shape index (κ3) is 4.16. The fraction of sp³-hybridized carbons (Fsp3) is 0.125. The molecule has 0 saturated heterocycles. The summed E-state index contributed by atoms with van der Waals surface area (Å²) >= 11 is 0. The van der Waals surface area contributed by atoms with Gasteiger partial charge in [-0.1, -0.05) is 6.07 Å². The first-order chi connectivity index (χ1) is 16.1. The van der Waals surface area contributed by atoms with Gasteiger partial charge in [-0.3, -0.25) is 0 Å². The van der Waals surface area contributed by atoms with Crippen LogP contribution in [0.5, 0.6) is 23.0 Å². The number of esters is 2. The Hall–Kier alpha value is -4.53. The normalized spacial score (nSPS) is 15.4. The molecule has 2 aromatic carbocycles. The average Bonchev–Trinajstić information content (AvgIpc) is 3.57. The van der Waals surface area contributed by atoms with E-state index in [9.17, 15) is 9.59 Å². The fourth-order valence-corrected chi connectivity index (χ4v) is 3.23. The van der Waals surface area contributed by atoms with Gasteiger partial charge in [0.1, 0.15) is 0 Å². The molecule has 9 nitrogen and oxygen atoms in total. The van der Waals surface area contributed by atoms with Crippen molar-refractivity contribution in [2.24, 2.45) is 4.99 Å². The van der Waals surface area contributed by atoms with E-state index in [0.29, 0.717) is 35.0 Å². The zero-order valence-corrected chi connectivity index (χ0v) is 17.4. The smallest absolute Gasteiger partial charge is 0.379 e. The van der Waals surface area contributed by atoms with Crippen LogP contribution in [0.25, 0.3) is 6.08 Å². The minimum atomic E-state index is -0.649. The van der Waals surface area contributed by atoms with Gasteiger partial charge in [-0.15, -0.1) is 0 Å². The Morgan fingerprint density at radius 2 is 1.97 bits per heavy atom. The van der Waals surface area contributed by atoms with Crippen LogP contribution in [0.1, 0.15) is 28.6 Å². The molecule has 0 fully saturated rings. The van der Waals surface area contributed by atoms with E-state index in [-0.39, 0.29) is 29.9 Å². The fourth-order valence-electron chi connectivity index (χ4n) is 3.23. The molecule has 2 aliphatic rings. The Labute approximate surface area is 187 Å². The topological polar surface area (TPSA) is 106 Å². The number of furan rings is 1. The summed E-state index contributed by atoms with van der Waals surface area (Å²) in [6, 6.07) is 13.1. The molecule has 3 aromatic rings. The van der Waals surface area contributed by atoms with Crippen molar-refractivity contribution in [3.05, 3.63) is 77.4 Å². The van der Waals surface area contributed by atoms with Crippen LogP contribution in [0, 0.1) is 0 Å². The molecule has 9 heteroatoms. The van der Waals surface area contributed by atoms with E-state index in [2.05, 4.69) is 4.99 Å². The second-order valence-corrected chi connectivity index (χ2v) is 6.91. The van der Waals surface area contributed by atoms with Crippen LogP contribution in [0.15, 0.2) is 69.9 Å². The lowest BCUT2D eigenvalue weighted by atomic mass is 10.1. The van der Waals surface area contributed by atoms with Crippen molar-refractivity contribution in [2.45, 2.75) is 6.92 Å². The number of hydrogen-bond acceptors (Lipinski definition) is 9. The molecular weight excluding hydrogens is 430 g/mol. The van der Waals surface area contributed by atoms with Gasteiger partial charge in [0.25, 0.3) is 0 Å². The number of cyclic esters (lactones) is 1. The molecule has 0 amide bonds. The third-order valence-electron chi connectivity index (χ3n) is 4.74. The Balaban J connectivity index is 1.40. The molecule has 1 aromatic heterocycles. The lowest BCUT2D eigenvalue weighted by Gasteiger charge is -2.10. The molecule has 0 radical (unpaired) electrons. The Kier molecular flexibility index (Phi) is 5.27. The predicted octanol–water partition coefficient (Wildman–Crippen LogP) is 3.97. The average molecular weight is 447 g/mol. The van der Waals surface area contributed by atoms with Gasteiger partial charge in [0, 0.05) is 5.56 Å². The SMILES string of the molecule is CCOc1cc(/C=C2/N=C(c3ccc4c(c3)OCO4)OC2=O)ccc1OC(=O)c1ccco1. The number of ether oxygens (including phenoxy) is 5. The molecule has 0 saturated carbocycles. The van der Waals surface area contributed by atoms with Crippen LogP contribution >= 0.6 is 0 Å². The van der Waals surface area contributed by atoms with Crippen molar-refractivity contribution in [1.82, 2.24) is 0 Å². The number of fused-ring (bicyclic) bond motifs is 1. The summed E-state index contributed by atoms with van der Waals surface area (Å²) in [5.41, 5.74) is 1.32. The number of aliphatic imine (C=N–C) groups is 1. The molecule has 0 bridgehead atoms. The van der Waals surface area contributed by atoms with E-state index in [1.165, 1.54) is 12.3 Å². The minimum absolute atomic E-state index is 0.0720. The highest BCUT2D eigenvalue weighted by Crippen LogP contribution is 2.34. The zero-order valence-electron chi connectivity index (χ0n) is 17.4. The van der Waals surface area contributed by atoms with Gasteiger partial charge in [0.2, 0.25) is 18.5 Å². The van der Waals surface area contributed by atoms with Crippen LogP contribution in [0.4, 0.5) is 0 Å². The summed E-state index contributed by atoms with van der Waals surface area (Å²) in [7, 11) is 0. The molecular formula is C24H17NO8. The highest BCUT2D eigenvalue weighted by atomic mass is 16.7. The van der Waals surface area contributed by atoms with Gasteiger partial charge < -0.3 is 28.1 Å². The van der Waals surface area contributed by atoms with E-state index in [1.54, 1.807) is 55.5 Å². The van der Waals surface area contributed by atoms with Gasteiger partial charge >= 0.3 is 11.9 Å². The first-order valence-electron chi connectivity index (χ1n) is 10.1. The zero-order chi connectivity index (χ0) is 22.8. The first-order valence-corrected chi connectivity index (χ1v) is 10.1. The van der Waals surface area contributed by atoms with E-state index in [4.69, 9.17) is 28.1 Å². The maximum atomic E-state index is 12.4. The summed E-state index contributed by atoms with van der Waals surface area (Å²) in [4.78, 5) is 28.9. The Bertz CT molecular complexity index is 1290. The van der Waals surface area contributed by atoms with Crippen molar-refractivity contribution in [1.29, 1.82) is 0 Å². The van der Waals surface area contributed by atoms with Gasteiger partial charge in [-0.2, -0.15) is 0 Å². The Morgan fingerprint density at radius 1 is 1.09 bits per heavy atom. The summed E-state index contributed by atoms with van der Waals surface area (Å²) in [6.45, 7) is 2.30. The quantitative estimate of drug-likeness (QED) is 0.318. The van der Waals surface area contributed by atoms with Crippen molar-refractivity contribution in [3.63, 3.8) is 0 Å². The second kappa shape index (κ2) is 8.54. The minimum Gasteiger partial charge on any atom is -0.490 e. The van der Waals surface area contributed by atoms with E-state index >= 15 is 0 Å². The number of hydrogen-bond donors (Lipinski definition) is 0. The van der Waals surface area contributed by atoms with Crippen molar-refractivity contribution in [2.75, 3.05) is 13.4 Å². The maximum absolute atomic E-state index is 12.4. The molecule has 2 aliphatic heterocycles. The summed E-state index contributed by atoms with van der Waals surface area (Å²) in [5.74, 6) is 0.733. The van der Waals surface area contributed by atoms with E-state index in [0.717, 1.165) is 0 Å². The van der Waals surface area contributed by atoms with Gasteiger partial charge in [-0.25, -0.2) is 14.6 Å². The standard InChI is InChI=1S/C24H17NO8/c1-2-28-20-11-14(5-7-18(20)32-24(27)19-4-3-9-29-19)10-16-23(26)33-22(25-16)15-6-8-17-21(12-15)31-13-30-17/h3-12H,2,13H2,1H3/b16-10+. The molecule has 0 atom stereocenters. The van der Waals surface area contributed by atoms with Crippen molar-refractivity contribution < 1.29 is 37.7 Å². The number of rotatable bonds is 6. The highest BCUT2D eigenvalue weighted by Gasteiger charge is 2.26. The van der Waals surface area contributed by atoms with Crippen LogP contribution in [-0.2, 0) is 9.53 Å². The largest absolute Gasteiger partial charge is 0.490 e. The summed E-state index contributed by atoms with van der Waals surface area (Å²) < 4.78 is 32.0. The maximum Gasteiger partial charge on any atom is 0.379 e. The predicted molar refractivity (Wildman–Crippen MR) is 114 cm³/mol. The lowest BCUT2D eigenvalue weighted by molar-refractivity contribution is -0.129. The van der Waals surface area contributed by atoms with Crippen LogP contribution < -0.4 is 18.9 Å². The van der Waals surface area contributed by atoms with Gasteiger partial charge in [-0.05, 0) is 61.0 Å². The number of carbonyl (C=O) groups excluding carboxylic acids is 2.